The van der Waals surface area contributed by atoms with Crippen LogP contribution in [0.2, 0.25) is 0 Å². The minimum atomic E-state index is 0.129. The molecular formula is C27H35N5O2. The zero-order chi connectivity index (χ0) is 23.5. The maximum atomic E-state index is 12.9. The molecule has 0 spiro atoms. The van der Waals surface area contributed by atoms with Crippen molar-refractivity contribution in [1.82, 2.24) is 24.6 Å². The summed E-state index contributed by atoms with van der Waals surface area (Å²) in [6, 6.07) is 4.17. The van der Waals surface area contributed by atoms with Gasteiger partial charge in [0.1, 0.15) is 5.78 Å². The number of likely N-dealkylation sites (tertiary alicyclic amines) is 1. The lowest BCUT2D eigenvalue weighted by Crippen LogP contribution is -2.30. The lowest BCUT2D eigenvalue weighted by Gasteiger charge is -2.26. The number of piperidine rings is 1. The SMILES string of the molecule is COC1CCC(C(=O)Cc2cc3cc(-c4cnn(C)c4CN4CCCCC4)ncc3cn2)CC1. The first kappa shape index (κ1) is 23.1. The second-order valence-corrected chi connectivity index (χ2v) is 9.91. The zero-order valence-electron chi connectivity index (χ0n) is 20.4. The molecule has 180 valence electrons. The number of rotatable bonds is 7. The average molecular weight is 462 g/mol. The third-order valence-electron chi connectivity index (χ3n) is 7.64. The Balaban J connectivity index is 1.34. The third kappa shape index (κ3) is 5.05. The largest absolute Gasteiger partial charge is 0.381 e. The number of Topliss-reactive ketones (excluding diaryl/α,β-unsaturated/α-hetero) is 1. The minimum Gasteiger partial charge on any atom is -0.381 e. The fraction of sp³-hybridized carbons (Fsp3) is 0.556. The van der Waals surface area contributed by atoms with Crippen molar-refractivity contribution in [3.8, 4) is 11.3 Å². The Morgan fingerprint density at radius 1 is 1.00 bits per heavy atom. The van der Waals surface area contributed by atoms with Gasteiger partial charge in [0.15, 0.2) is 0 Å². The van der Waals surface area contributed by atoms with E-state index in [1.807, 2.05) is 30.3 Å². The summed E-state index contributed by atoms with van der Waals surface area (Å²) in [6.07, 6.45) is 14.0. The molecule has 0 N–H and O–H groups in total. The summed E-state index contributed by atoms with van der Waals surface area (Å²) in [5.74, 6) is 0.427. The number of carbonyl (C=O) groups is 1. The quantitative estimate of drug-likeness (QED) is 0.521. The van der Waals surface area contributed by atoms with Crippen LogP contribution in [0.5, 0.6) is 0 Å². The van der Waals surface area contributed by atoms with Crippen molar-refractivity contribution in [2.45, 2.75) is 64.0 Å². The molecule has 1 saturated carbocycles. The highest BCUT2D eigenvalue weighted by molar-refractivity contribution is 5.87. The number of nitrogens with zero attached hydrogens (tertiary/aromatic N) is 5. The Labute approximate surface area is 201 Å². The molecule has 0 atom stereocenters. The molecule has 34 heavy (non-hydrogen) atoms. The van der Waals surface area contributed by atoms with Crippen LogP contribution < -0.4 is 0 Å². The molecule has 3 aromatic rings. The van der Waals surface area contributed by atoms with Gasteiger partial charge in [-0.25, -0.2) is 0 Å². The van der Waals surface area contributed by atoms with E-state index in [0.29, 0.717) is 18.3 Å². The Hall–Kier alpha value is -2.64. The van der Waals surface area contributed by atoms with Crippen molar-refractivity contribution in [2.24, 2.45) is 13.0 Å². The van der Waals surface area contributed by atoms with Crippen LogP contribution in [-0.4, -0.2) is 56.7 Å². The van der Waals surface area contributed by atoms with Crippen LogP contribution in [-0.2, 0) is 29.5 Å². The van der Waals surface area contributed by atoms with Gasteiger partial charge in [0, 0.05) is 62.1 Å². The first-order chi connectivity index (χ1) is 16.6. The lowest BCUT2D eigenvalue weighted by molar-refractivity contribution is -0.124. The highest BCUT2D eigenvalue weighted by Gasteiger charge is 2.26. The van der Waals surface area contributed by atoms with E-state index in [4.69, 9.17) is 9.72 Å². The monoisotopic (exact) mass is 461 g/mol. The van der Waals surface area contributed by atoms with Crippen LogP contribution in [0.3, 0.4) is 0 Å². The number of carbonyl (C=O) groups excluding carboxylic acids is 1. The lowest BCUT2D eigenvalue weighted by atomic mass is 9.83. The van der Waals surface area contributed by atoms with Gasteiger partial charge in [-0.05, 0) is 69.1 Å². The molecule has 0 bridgehead atoms. The van der Waals surface area contributed by atoms with Gasteiger partial charge >= 0.3 is 0 Å². The van der Waals surface area contributed by atoms with Gasteiger partial charge in [-0.2, -0.15) is 5.10 Å². The minimum absolute atomic E-state index is 0.129. The Morgan fingerprint density at radius 2 is 1.76 bits per heavy atom. The first-order valence-electron chi connectivity index (χ1n) is 12.6. The topological polar surface area (TPSA) is 73.1 Å². The maximum absolute atomic E-state index is 12.9. The summed E-state index contributed by atoms with van der Waals surface area (Å²) in [7, 11) is 3.77. The van der Waals surface area contributed by atoms with Crippen molar-refractivity contribution in [3.63, 3.8) is 0 Å². The Bertz CT molecular complexity index is 1140. The van der Waals surface area contributed by atoms with Gasteiger partial charge in [0.25, 0.3) is 0 Å². The second-order valence-electron chi connectivity index (χ2n) is 9.91. The summed E-state index contributed by atoms with van der Waals surface area (Å²) in [5.41, 5.74) is 4.04. The fourth-order valence-electron chi connectivity index (χ4n) is 5.46. The molecule has 3 aromatic heterocycles. The summed E-state index contributed by atoms with van der Waals surface area (Å²) < 4.78 is 7.42. The predicted octanol–water partition coefficient (Wildman–Crippen LogP) is 4.33. The first-order valence-corrected chi connectivity index (χ1v) is 12.6. The number of ketones is 1. The van der Waals surface area contributed by atoms with Crippen molar-refractivity contribution in [1.29, 1.82) is 0 Å². The molecule has 0 aromatic carbocycles. The van der Waals surface area contributed by atoms with Gasteiger partial charge in [-0.1, -0.05) is 6.42 Å². The third-order valence-corrected chi connectivity index (χ3v) is 7.64. The molecule has 0 unspecified atom stereocenters. The number of aromatic nitrogens is 4. The van der Waals surface area contributed by atoms with Crippen molar-refractivity contribution in [2.75, 3.05) is 20.2 Å². The highest BCUT2D eigenvalue weighted by atomic mass is 16.5. The smallest absolute Gasteiger partial charge is 0.141 e. The molecule has 0 amide bonds. The molecule has 1 aliphatic heterocycles. The van der Waals surface area contributed by atoms with E-state index in [1.165, 1.54) is 25.0 Å². The fourth-order valence-corrected chi connectivity index (χ4v) is 5.46. The van der Waals surface area contributed by atoms with E-state index in [-0.39, 0.29) is 5.92 Å². The summed E-state index contributed by atoms with van der Waals surface area (Å²) >= 11 is 0. The van der Waals surface area contributed by atoms with Crippen LogP contribution in [0.25, 0.3) is 22.0 Å². The number of aryl methyl sites for hydroxylation is 1. The van der Waals surface area contributed by atoms with E-state index in [1.54, 1.807) is 7.11 Å². The normalized spacial score (nSPS) is 21.7. The standard InChI is InChI=1S/C27H35N5O2/c1-31-26(18-32-10-4-3-5-11-32)24(17-30-31)25-13-20-12-22(28-15-21(20)16-29-25)14-27(33)19-6-8-23(34-2)9-7-19/h12-13,15-17,19,23H,3-11,14,18H2,1-2H3. The summed E-state index contributed by atoms with van der Waals surface area (Å²) in [5, 5.41) is 6.60. The molecular weight excluding hydrogens is 426 g/mol. The van der Waals surface area contributed by atoms with Gasteiger partial charge < -0.3 is 4.74 Å². The molecule has 7 heteroatoms. The molecule has 5 rings (SSSR count). The van der Waals surface area contributed by atoms with Crippen molar-refractivity contribution >= 4 is 16.6 Å². The van der Waals surface area contributed by atoms with Crippen LogP contribution >= 0.6 is 0 Å². The molecule has 1 saturated heterocycles. The van der Waals surface area contributed by atoms with E-state index in [2.05, 4.69) is 27.1 Å². The summed E-state index contributed by atoms with van der Waals surface area (Å²) in [6.45, 7) is 3.19. The van der Waals surface area contributed by atoms with Gasteiger partial charge in [-0.3, -0.25) is 24.3 Å². The molecule has 1 aliphatic carbocycles. The van der Waals surface area contributed by atoms with E-state index in [0.717, 1.165) is 73.0 Å². The number of pyridine rings is 2. The zero-order valence-corrected chi connectivity index (χ0v) is 20.4. The number of fused-ring (bicyclic) bond motifs is 1. The van der Waals surface area contributed by atoms with Gasteiger partial charge in [-0.15, -0.1) is 0 Å². The number of hydrogen-bond donors (Lipinski definition) is 0. The Kier molecular flexibility index (Phi) is 7.02. The van der Waals surface area contributed by atoms with Gasteiger partial charge in [0.2, 0.25) is 0 Å². The number of ether oxygens (including phenoxy) is 1. The molecule has 2 aliphatic rings. The van der Waals surface area contributed by atoms with Gasteiger partial charge in [0.05, 0.1) is 23.7 Å². The molecule has 7 nitrogen and oxygen atoms in total. The van der Waals surface area contributed by atoms with Crippen molar-refractivity contribution < 1.29 is 9.53 Å². The second kappa shape index (κ2) is 10.3. The van der Waals surface area contributed by atoms with Crippen LogP contribution in [0, 0.1) is 5.92 Å². The molecule has 0 radical (unpaired) electrons. The van der Waals surface area contributed by atoms with Crippen LogP contribution in [0.4, 0.5) is 0 Å². The van der Waals surface area contributed by atoms with E-state index < -0.39 is 0 Å². The molecule has 4 heterocycles. The van der Waals surface area contributed by atoms with E-state index >= 15 is 0 Å². The van der Waals surface area contributed by atoms with E-state index in [9.17, 15) is 4.79 Å². The average Bonchev–Trinajstić information content (AvgIpc) is 3.24. The van der Waals surface area contributed by atoms with Crippen LogP contribution in [0.15, 0.2) is 30.7 Å². The van der Waals surface area contributed by atoms with Crippen LogP contribution in [0.1, 0.15) is 56.3 Å². The number of methoxy groups -OCH3 is 1. The molecule has 2 fully saturated rings. The maximum Gasteiger partial charge on any atom is 0.141 e. The predicted molar refractivity (Wildman–Crippen MR) is 132 cm³/mol. The van der Waals surface area contributed by atoms with Crippen molar-refractivity contribution in [3.05, 3.63) is 42.1 Å². The highest BCUT2D eigenvalue weighted by Crippen LogP contribution is 2.29. The summed E-state index contributed by atoms with van der Waals surface area (Å²) in [4.78, 5) is 24.7. The Morgan fingerprint density at radius 3 is 2.53 bits per heavy atom. The number of hydrogen-bond acceptors (Lipinski definition) is 6.